The first-order valence-electron chi connectivity index (χ1n) is 10.6. The van der Waals surface area contributed by atoms with Crippen LogP contribution in [-0.4, -0.2) is 57.3 Å². The Bertz CT molecular complexity index is 1500. The number of nitrogens with zero attached hydrogens (tertiary/aromatic N) is 5. The molecule has 14 heteroatoms. The monoisotopic (exact) mass is 493 g/mol. The van der Waals surface area contributed by atoms with Crippen molar-refractivity contribution in [3.05, 3.63) is 60.1 Å². The minimum atomic E-state index is -0.689. The van der Waals surface area contributed by atoms with Crippen molar-refractivity contribution in [3.63, 3.8) is 0 Å². The first-order chi connectivity index (χ1) is 17.0. The van der Waals surface area contributed by atoms with Gasteiger partial charge in [-0.25, -0.2) is 9.97 Å². The van der Waals surface area contributed by atoms with Gasteiger partial charge in [0.2, 0.25) is 5.82 Å². The number of nitrogens with one attached hydrogen (secondary N) is 4. The molecule has 0 aliphatic carbocycles. The Kier molecular flexibility index (Phi) is 6.16. The molecule has 0 saturated heterocycles. The maximum atomic E-state index is 12.8. The van der Waals surface area contributed by atoms with Crippen molar-refractivity contribution in [2.24, 2.45) is 21.1 Å². The Hall–Kier alpha value is -5.14. The number of aromatic nitrogens is 6. The number of amides is 3. The molecule has 4 heterocycles. The molecule has 4 aromatic heterocycles. The van der Waals surface area contributed by atoms with Crippen molar-refractivity contribution in [1.82, 2.24) is 28.7 Å². The van der Waals surface area contributed by atoms with Gasteiger partial charge in [-0.05, 0) is 6.07 Å². The lowest BCUT2D eigenvalue weighted by atomic mass is 10.3. The van der Waals surface area contributed by atoms with Gasteiger partial charge in [0.05, 0.1) is 11.4 Å². The summed E-state index contributed by atoms with van der Waals surface area (Å²) in [5.74, 6) is -2.28. The highest BCUT2D eigenvalue weighted by Crippen LogP contribution is 2.28. The van der Waals surface area contributed by atoms with E-state index < -0.39 is 23.5 Å². The van der Waals surface area contributed by atoms with Gasteiger partial charge < -0.3 is 39.7 Å². The number of carbonyl (C=O) groups excluding carboxylic acids is 4. The van der Waals surface area contributed by atoms with Crippen LogP contribution in [0.15, 0.2) is 37.1 Å². The average molecular weight is 493 g/mol. The zero-order valence-corrected chi connectivity index (χ0v) is 19.8. The van der Waals surface area contributed by atoms with E-state index in [0.717, 1.165) is 0 Å². The summed E-state index contributed by atoms with van der Waals surface area (Å²) < 4.78 is 4.50. The largest absolute Gasteiger partial charge is 0.504 e. The van der Waals surface area contributed by atoms with Crippen molar-refractivity contribution in [2.75, 3.05) is 16.0 Å². The number of Topliss-reactive ketones (excluding diaryl/α,β-unsaturated/α-hetero) is 1. The van der Waals surface area contributed by atoms with Gasteiger partial charge in [0.15, 0.2) is 23.2 Å². The van der Waals surface area contributed by atoms with Crippen molar-refractivity contribution >= 4 is 40.7 Å². The normalized spacial score (nSPS) is 10.8. The van der Waals surface area contributed by atoms with Crippen LogP contribution >= 0.6 is 0 Å². The van der Waals surface area contributed by atoms with E-state index >= 15 is 0 Å². The summed E-state index contributed by atoms with van der Waals surface area (Å²) in [6.45, 7) is 1.41. The van der Waals surface area contributed by atoms with Gasteiger partial charge >= 0.3 is 0 Å². The topological polar surface area (TPSA) is 181 Å². The highest BCUT2D eigenvalue weighted by molar-refractivity contribution is 6.09. The zero-order chi connectivity index (χ0) is 26.1. The van der Waals surface area contributed by atoms with E-state index in [4.69, 9.17) is 0 Å². The molecule has 5 N–H and O–H groups in total. The molecule has 36 heavy (non-hydrogen) atoms. The third-order valence-electron chi connectivity index (χ3n) is 5.30. The van der Waals surface area contributed by atoms with Crippen LogP contribution in [0.4, 0.5) is 17.2 Å². The molecule has 4 rings (SSSR count). The minimum Gasteiger partial charge on any atom is -0.504 e. The smallest absolute Gasteiger partial charge is 0.292 e. The molecule has 0 spiro atoms. The number of anilines is 3. The maximum absolute atomic E-state index is 12.8. The van der Waals surface area contributed by atoms with E-state index in [9.17, 15) is 24.3 Å². The Morgan fingerprint density at radius 1 is 0.917 bits per heavy atom. The number of aromatic amines is 1. The highest BCUT2D eigenvalue weighted by atomic mass is 16.3. The van der Waals surface area contributed by atoms with Crippen LogP contribution in [-0.2, 0) is 21.1 Å². The predicted molar refractivity (Wildman–Crippen MR) is 128 cm³/mol. The van der Waals surface area contributed by atoms with Crippen LogP contribution < -0.4 is 16.0 Å². The SMILES string of the molecule is CC(=O)c1cc(NC(=O)c2[nH]cc(NC(=O)c3nc(NC(=O)c4nccn4C)cn3C)c2O)cn1C. The standard InChI is InChI=1S/C22H23N9O5/c1-11(32)14-7-12(9-30(14)3)25-20(34)16-17(33)13(8-24-16)26-22(36)19-27-15(10-31(19)4)28-21(35)18-23-5-6-29(18)2/h5-10,24,33H,1-4H3,(H,25,34)(H,26,36)(H,28,35). The summed E-state index contributed by atoms with van der Waals surface area (Å²) in [6.07, 6.45) is 7.35. The third kappa shape index (κ3) is 4.59. The second-order valence-electron chi connectivity index (χ2n) is 7.99. The molecule has 0 radical (unpaired) electrons. The Morgan fingerprint density at radius 3 is 2.28 bits per heavy atom. The quantitative estimate of drug-likeness (QED) is 0.242. The first-order valence-corrected chi connectivity index (χ1v) is 10.6. The number of aromatic hydroxyl groups is 1. The number of hydrogen-bond donors (Lipinski definition) is 5. The molecule has 0 aliphatic heterocycles. The van der Waals surface area contributed by atoms with Crippen LogP contribution in [0.2, 0.25) is 0 Å². The van der Waals surface area contributed by atoms with Gasteiger partial charge in [0.25, 0.3) is 17.7 Å². The van der Waals surface area contributed by atoms with E-state index in [0.29, 0.717) is 11.4 Å². The van der Waals surface area contributed by atoms with Gasteiger partial charge in [-0.1, -0.05) is 0 Å². The molecule has 0 unspecified atom stereocenters. The summed E-state index contributed by atoms with van der Waals surface area (Å²) in [4.78, 5) is 60.0. The third-order valence-corrected chi connectivity index (χ3v) is 5.30. The number of ketones is 1. The van der Waals surface area contributed by atoms with Gasteiger partial charge in [-0.2, -0.15) is 0 Å². The lowest BCUT2D eigenvalue weighted by Gasteiger charge is -2.04. The Balaban J connectivity index is 1.45. The van der Waals surface area contributed by atoms with Gasteiger partial charge in [-0.3, -0.25) is 19.2 Å². The summed E-state index contributed by atoms with van der Waals surface area (Å²) in [5, 5.41) is 18.1. The second kappa shape index (κ2) is 9.25. The Labute approximate surface area is 204 Å². The number of aryl methyl sites for hydroxylation is 3. The molecular weight excluding hydrogens is 470 g/mol. The molecular formula is C22H23N9O5. The summed E-state index contributed by atoms with van der Waals surface area (Å²) in [6, 6.07) is 1.51. The van der Waals surface area contributed by atoms with Crippen molar-refractivity contribution in [1.29, 1.82) is 0 Å². The molecule has 4 aromatic rings. The van der Waals surface area contributed by atoms with E-state index in [1.807, 2.05) is 0 Å². The summed E-state index contributed by atoms with van der Waals surface area (Å²) in [5.41, 5.74) is 0.519. The van der Waals surface area contributed by atoms with E-state index in [1.54, 1.807) is 38.1 Å². The van der Waals surface area contributed by atoms with Crippen molar-refractivity contribution in [2.45, 2.75) is 6.92 Å². The molecule has 0 bridgehead atoms. The highest BCUT2D eigenvalue weighted by Gasteiger charge is 2.22. The van der Waals surface area contributed by atoms with Gasteiger partial charge in [0.1, 0.15) is 11.4 Å². The number of carbonyl (C=O) groups is 4. The fraction of sp³-hybridized carbons (Fsp3) is 0.182. The molecule has 0 aliphatic rings. The van der Waals surface area contributed by atoms with Crippen LogP contribution in [0.5, 0.6) is 5.75 Å². The molecule has 0 fully saturated rings. The predicted octanol–water partition coefficient (Wildman–Crippen LogP) is 1.49. The maximum Gasteiger partial charge on any atom is 0.292 e. The van der Waals surface area contributed by atoms with Crippen LogP contribution in [0, 0.1) is 0 Å². The number of H-pyrrole nitrogens is 1. The second-order valence-corrected chi connectivity index (χ2v) is 7.99. The first kappa shape index (κ1) is 24.0. The van der Waals surface area contributed by atoms with Crippen molar-refractivity contribution < 1.29 is 24.3 Å². The molecule has 14 nitrogen and oxygen atoms in total. The Morgan fingerprint density at radius 2 is 1.64 bits per heavy atom. The summed E-state index contributed by atoms with van der Waals surface area (Å²) in [7, 11) is 4.89. The van der Waals surface area contributed by atoms with E-state index in [1.165, 1.54) is 40.7 Å². The van der Waals surface area contributed by atoms with Crippen LogP contribution in [0.1, 0.15) is 49.1 Å². The minimum absolute atomic E-state index is 0.0516. The number of hydrogen-bond acceptors (Lipinski definition) is 7. The van der Waals surface area contributed by atoms with Crippen molar-refractivity contribution in [3.8, 4) is 5.75 Å². The number of rotatable bonds is 7. The lowest BCUT2D eigenvalue weighted by Crippen LogP contribution is -2.18. The van der Waals surface area contributed by atoms with Crippen LogP contribution in [0.25, 0.3) is 0 Å². The molecule has 0 atom stereocenters. The van der Waals surface area contributed by atoms with Gasteiger partial charge in [-0.15, -0.1) is 0 Å². The molecule has 0 saturated carbocycles. The average Bonchev–Trinajstić information content (AvgIpc) is 3.56. The summed E-state index contributed by atoms with van der Waals surface area (Å²) >= 11 is 0. The number of imidazole rings is 2. The van der Waals surface area contributed by atoms with E-state index in [2.05, 4.69) is 30.9 Å². The van der Waals surface area contributed by atoms with Crippen LogP contribution in [0.3, 0.4) is 0 Å². The lowest BCUT2D eigenvalue weighted by molar-refractivity contribution is 0.0998. The molecule has 0 aromatic carbocycles. The fourth-order valence-electron chi connectivity index (χ4n) is 3.53. The zero-order valence-electron chi connectivity index (χ0n) is 19.8. The molecule has 3 amide bonds. The fourth-order valence-corrected chi connectivity index (χ4v) is 3.53. The van der Waals surface area contributed by atoms with E-state index in [-0.39, 0.29) is 34.6 Å². The van der Waals surface area contributed by atoms with Gasteiger partial charge in [0, 0.05) is 59.1 Å². The molecule has 186 valence electrons.